The average molecular weight is 283 g/mol. The molecule has 1 aromatic heterocycles. The third kappa shape index (κ3) is 3.03. The molecule has 2 N–H and O–H groups in total. The Labute approximate surface area is 123 Å². The van der Waals surface area contributed by atoms with Gasteiger partial charge in [-0.05, 0) is 42.3 Å². The number of hydrogen-bond acceptors (Lipinski definition) is 4. The molecule has 0 atom stereocenters. The van der Waals surface area contributed by atoms with Gasteiger partial charge in [-0.3, -0.25) is 9.78 Å². The van der Waals surface area contributed by atoms with Gasteiger partial charge >= 0.3 is 0 Å². The second-order valence-electron chi connectivity index (χ2n) is 4.92. The Hall–Kier alpha value is -2.40. The molecule has 2 heterocycles. The van der Waals surface area contributed by atoms with Crippen LogP contribution in [0.2, 0.25) is 0 Å². The molecule has 21 heavy (non-hydrogen) atoms. The van der Waals surface area contributed by atoms with Crippen molar-refractivity contribution in [2.75, 3.05) is 13.6 Å². The molecule has 0 bridgehead atoms. The van der Waals surface area contributed by atoms with E-state index in [0.717, 1.165) is 25.3 Å². The molecule has 1 aromatic carbocycles. The smallest absolute Gasteiger partial charge is 0.269 e. The van der Waals surface area contributed by atoms with Crippen LogP contribution >= 0.6 is 0 Å². The first-order chi connectivity index (χ1) is 10.3. The quantitative estimate of drug-likeness (QED) is 0.903. The van der Waals surface area contributed by atoms with Crippen molar-refractivity contribution in [1.82, 2.24) is 15.6 Å². The van der Waals surface area contributed by atoms with Crippen molar-refractivity contribution in [3.8, 4) is 11.5 Å². The number of fused-ring (bicyclic) bond motifs is 1. The number of carbonyl (C=O) groups excluding carboxylic acids is 1. The Kier molecular flexibility index (Phi) is 3.83. The molecule has 108 valence electrons. The summed E-state index contributed by atoms with van der Waals surface area (Å²) in [7, 11) is 1.58. The summed E-state index contributed by atoms with van der Waals surface area (Å²) in [4.78, 5) is 15.6. The number of hydrogen-bond donors (Lipinski definition) is 2. The number of benzene rings is 1. The van der Waals surface area contributed by atoms with Crippen molar-refractivity contribution < 1.29 is 9.53 Å². The highest BCUT2D eigenvalue weighted by Crippen LogP contribution is 2.25. The Morgan fingerprint density at radius 1 is 1.24 bits per heavy atom. The van der Waals surface area contributed by atoms with E-state index in [9.17, 15) is 4.79 Å². The lowest BCUT2D eigenvalue weighted by atomic mass is 10.0. The van der Waals surface area contributed by atoms with Crippen LogP contribution in [0.5, 0.6) is 11.5 Å². The van der Waals surface area contributed by atoms with Crippen molar-refractivity contribution >= 4 is 5.91 Å². The van der Waals surface area contributed by atoms with E-state index in [-0.39, 0.29) is 5.91 Å². The summed E-state index contributed by atoms with van der Waals surface area (Å²) in [5, 5.41) is 5.89. The number of amides is 1. The molecule has 0 spiro atoms. The number of nitrogens with zero attached hydrogens (tertiary/aromatic N) is 1. The van der Waals surface area contributed by atoms with E-state index in [2.05, 4.69) is 21.7 Å². The monoisotopic (exact) mass is 283 g/mol. The largest absolute Gasteiger partial charge is 0.457 e. The topological polar surface area (TPSA) is 63.2 Å². The Morgan fingerprint density at radius 2 is 2.10 bits per heavy atom. The molecule has 3 rings (SSSR count). The van der Waals surface area contributed by atoms with Gasteiger partial charge in [0.15, 0.2) is 0 Å². The van der Waals surface area contributed by atoms with Gasteiger partial charge < -0.3 is 15.4 Å². The molecule has 0 aliphatic carbocycles. The molecular weight excluding hydrogens is 266 g/mol. The molecule has 0 radical (unpaired) electrons. The van der Waals surface area contributed by atoms with Crippen molar-refractivity contribution in [2.24, 2.45) is 0 Å². The fourth-order valence-electron chi connectivity index (χ4n) is 2.38. The summed E-state index contributed by atoms with van der Waals surface area (Å²) < 4.78 is 5.83. The van der Waals surface area contributed by atoms with E-state index in [4.69, 9.17) is 4.74 Å². The van der Waals surface area contributed by atoms with Crippen LogP contribution in [0.3, 0.4) is 0 Å². The normalized spacial score (nSPS) is 13.4. The van der Waals surface area contributed by atoms with E-state index < -0.39 is 0 Å². The molecule has 0 saturated heterocycles. The first-order valence-electron chi connectivity index (χ1n) is 6.95. The summed E-state index contributed by atoms with van der Waals surface area (Å²) in [6.45, 7) is 1.89. The Morgan fingerprint density at radius 3 is 2.95 bits per heavy atom. The summed E-state index contributed by atoms with van der Waals surface area (Å²) >= 11 is 0. The highest BCUT2D eigenvalue weighted by Gasteiger charge is 2.11. The van der Waals surface area contributed by atoms with E-state index in [1.54, 1.807) is 25.4 Å². The SMILES string of the molecule is CNC(=O)c1cc(Oc2ccc3c(c2)CNCC3)ccn1. The zero-order valence-corrected chi connectivity index (χ0v) is 11.8. The van der Waals surface area contributed by atoms with Crippen LogP contribution in [0.15, 0.2) is 36.5 Å². The van der Waals surface area contributed by atoms with Crippen LogP contribution in [0.4, 0.5) is 0 Å². The van der Waals surface area contributed by atoms with Gasteiger partial charge in [-0.2, -0.15) is 0 Å². The number of pyridine rings is 1. The molecule has 0 unspecified atom stereocenters. The number of aromatic nitrogens is 1. The van der Waals surface area contributed by atoms with Crippen LogP contribution < -0.4 is 15.4 Å². The van der Waals surface area contributed by atoms with E-state index in [0.29, 0.717) is 11.4 Å². The summed E-state index contributed by atoms with van der Waals surface area (Å²) in [5.74, 6) is 1.15. The van der Waals surface area contributed by atoms with E-state index >= 15 is 0 Å². The molecule has 0 saturated carbocycles. The highest BCUT2D eigenvalue weighted by atomic mass is 16.5. The number of ether oxygens (including phenoxy) is 1. The molecular formula is C16H17N3O2. The molecule has 1 aliphatic rings. The van der Waals surface area contributed by atoms with Crippen LogP contribution in [0, 0.1) is 0 Å². The average Bonchev–Trinajstić information content (AvgIpc) is 2.54. The maximum Gasteiger partial charge on any atom is 0.269 e. The van der Waals surface area contributed by atoms with Crippen LogP contribution in [-0.2, 0) is 13.0 Å². The number of nitrogens with one attached hydrogen (secondary N) is 2. The lowest BCUT2D eigenvalue weighted by molar-refractivity contribution is 0.0958. The first kappa shape index (κ1) is 13.6. The Bertz CT molecular complexity index is 670. The van der Waals surface area contributed by atoms with Gasteiger partial charge in [0, 0.05) is 25.9 Å². The van der Waals surface area contributed by atoms with Crippen molar-refractivity contribution in [2.45, 2.75) is 13.0 Å². The third-order valence-electron chi connectivity index (χ3n) is 3.49. The zero-order valence-electron chi connectivity index (χ0n) is 11.8. The van der Waals surface area contributed by atoms with Crippen molar-refractivity contribution in [1.29, 1.82) is 0 Å². The highest BCUT2D eigenvalue weighted by molar-refractivity contribution is 5.92. The lowest BCUT2D eigenvalue weighted by Gasteiger charge is -2.18. The molecule has 0 fully saturated rings. The van der Waals surface area contributed by atoms with Crippen molar-refractivity contribution in [3.05, 3.63) is 53.3 Å². The fraction of sp³-hybridized carbons (Fsp3) is 0.250. The number of carbonyl (C=O) groups is 1. The van der Waals surface area contributed by atoms with E-state index in [1.807, 2.05) is 12.1 Å². The predicted molar refractivity (Wildman–Crippen MR) is 79.6 cm³/mol. The van der Waals surface area contributed by atoms with Gasteiger partial charge in [0.05, 0.1) is 0 Å². The van der Waals surface area contributed by atoms with E-state index in [1.165, 1.54) is 11.1 Å². The van der Waals surface area contributed by atoms with Crippen LogP contribution in [-0.4, -0.2) is 24.5 Å². The first-order valence-corrected chi connectivity index (χ1v) is 6.95. The fourth-order valence-corrected chi connectivity index (χ4v) is 2.38. The van der Waals surface area contributed by atoms with Crippen LogP contribution in [0.25, 0.3) is 0 Å². The molecule has 1 aliphatic heterocycles. The predicted octanol–water partition coefficient (Wildman–Crippen LogP) is 1.88. The Balaban J connectivity index is 1.82. The maximum absolute atomic E-state index is 11.6. The van der Waals surface area contributed by atoms with Gasteiger partial charge in [-0.25, -0.2) is 0 Å². The molecule has 2 aromatic rings. The zero-order chi connectivity index (χ0) is 14.7. The van der Waals surface area contributed by atoms with Crippen molar-refractivity contribution in [3.63, 3.8) is 0 Å². The molecule has 5 heteroatoms. The minimum atomic E-state index is -0.227. The maximum atomic E-state index is 11.6. The third-order valence-corrected chi connectivity index (χ3v) is 3.49. The lowest BCUT2D eigenvalue weighted by Crippen LogP contribution is -2.23. The van der Waals surface area contributed by atoms with Gasteiger partial charge in [0.1, 0.15) is 17.2 Å². The second kappa shape index (κ2) is 5.93. The van der Waals surface area contributed by atoms with Gasteiger partial charge in [-0.1, -0.05) is 6.07 Å². The minimum Gasteiger partial charge on any atom is -0.457 e. The molecule has 1 amide bonds. The second-order valence-corrected chi connectivity index (χ2v) is 4.92. The van der Waals surface area contributed by atoms with Gasteiger partial charge in [-0.15, -0.1) is 0 Å². The van der Waals surface area contributed by atoms with Gasteiger partial charge in [0.25, 0.3) is 5.91 Å². The van der Waals surface area contributed by atoms with Crippen LogP contribution in [0.1, 0.15) is 21.6 Å². The molecule has 5 nitrogen and oxygen atoms in total. The minimum absolute atomic E-state index is 0.227. The summed E-state index contributed by atoms with van der Waals surface area (Å²) in [6, 6.07) is 9.48. The summed E-state index contributed by atoms with van der Waals surface area (Å²) in [5.41, 5.74) is 2.97. The van der Waals surface area contributed by atoms with Gasteiger partial charge in [0.2, 0.25) is 0 Å². The number of rotatable bonds is 3. The summed E-state index contributed by atoms with van der Waals surface area (Å²) in [6.07, 6.45) is 2.62. The standard InChI is InChI=1S/C16H17N3O2/c1-17-16(20)15-9-14(5-7-19-15)21-13-3-2-11-4-6-18-10-12(11)8-13/h2-3,5,7-9,18H,4,6,10H2,1H3,(H,17,20).